The summed E-state index contributed by atoms with van der Waals surface area (Å²) in [4.78, 5) is 13.5. The Morgan fingerprint density at radius 1 is 1.22 bits per heavy atom. The molecule has 0 aromatic heterocycles. The van der Waals surface area contributed by atoms with Gasteiger partial charge in [0.15, 0.2) is 0 Å². The number of rotatable bonds is 7. The molecule has 0 spiro atoms. The lowest BCUT2D eigenvalue weighted by Gasteiger charge is -2.15. The molecule has 0 bridgehead atoms. The third-order valence-corrected chi connectivity index (χ3v) is 4.80. The van der Waals surface area contributed by atoms with E-state index in [2.05, 4.69) is 5.32 Å². The zero-order chi connectivity index (χ0) is 16.7. The number of anilines is 1. The van der Waals surface area contributed by atoms with E-state index in [-0.39, 0.29) is 11.2 Å². The maximum atomic E-state index is 12.5. The molecule has 1 N–H and O–H groups in total. The van der Waals surface area contributed by atoms with Gasteiger partial charge in [0, 0.05) is 21.7 Å². The quantitative estimate of drug-likeness (QED) is 0.694. The van der Waals surface area contributed by atoms with Crippen LogP contribution in [0.2, 0.25) is 5.02 Å². The number of hydrogen-bond donors (Lipinski definition) is 1. The summed E-state index contributed by atoms with van der Waals surface area (Å²) in [6.45, 7) is 4.53. The monoisotopic (exact) mass is 349 g/mol. The molecule has 2 aromatic carbocycles. The number of benzene rings is 2. The Morgan fingerprint density at radius 3 is 2.61 bits per heavy atom. The van der Waals surface area contributed by atoms with Gasteiger partial charge in [-0.3, -0.25) is 4.79 Å². The maximum absolute atomic E-state index is 12.5. The van der Waals surface area contributed by atoms with E-state index in [1.807, 2.05) is 62.4 Å². The smallest absolute Gasteiger partial charge is 0.237 e. The molecule has 0 fully saturated rings. The number of thioether (sulfide) groups is 1. The van der Waals surface area contributed by atoms with Gasteiger partial charge in [-0.25, -0.2) is 0 Å². The van der Waals surface area contributed by atoms with E-state index in [1.165, 1.54) is 11.8 Å². The van der Waals surface area contributed by atoms with Crippen LogP contribution in [-0.4, -0.2) is 17.8 Å². The van der Waals surface area contributed by atoms with Gasteiger partial charge in [0.25, 0.3) is 0 Å². The molecular formula is C18H20ClNO2S. The molecule has 2 rings (SSSR count). The molecule has 0 saturated carbocycles. The minimum atomic E-state index is -0.160. The standard InChI is InChI=1S/C18H20ClNO2S/c1-3-17(23-16-10-8-13(19)9-11-16)18(21)20-14-6-5-7-15(12-14)22-4-2/h5-12,17H,3-4H2,1-2H3,(H,20,21)/t17-/m0/s1. The summed E-state index contributed by atoms with van der Waals surface area (Å²) in [5.41, 5.74) is 0.746. The van der Waals surface area contributed by atoms with E-state index in [0.717, 1.165) is 22.8 Å². The van der Waals surface area contributed by atoms with Crippen molar-refractivity contribution >= 4 is 35.0 Å². The Balaban J connectivity index is 2.02. The Kier molecular flexibility index (Phi) is 6.81. The van der Waals surface area contributed by atoms with E-state index in [1.54, 1.807) is 0 Å². The summed E-state index contributed by atoms with van der Waals surface area (Å²) in [7, 11) is 0. The van der Waals surface area contributed by atoms with Gasteiger partial charge in [-0.1, -0.05) is 24.6 Å². The van der Waals surface area contributed by atoms with Gasteiger partial charge in [0.1, 0.15) is 5.75 Å². The van der Waals surface area contributed by atoms with Gasteiger partial charge in [-0.2, -0.15) is 0 Å². The van der Waals surface area contributed by atoms with Crippen LogP contribution in [0, 0.1) is 0 Å². The van der Waals surface area contributed by atoms with Gasteiger partial charge in [0.05, 0.1) is 11.9 Å². The van der Waals surface area contributed by atoms with E-state index in [0.29, 0.717) is 11.6 Å². The summed E-state index contributed by atoms with van der Waals surface area (Å²) >= 11 is 7.43. The first-order valence-electron chi connectivity index (χ1n) is 7.58. The minimum Gasteiger partial charge on any atom is -0.494 e. The van der Waals surface area contributed by atoms with Crippen molar-refractivity contribution in [1.29, 1.82) is 0 Å². The number of nitrogens with one attached hydrogen (secondary N) is 1. The predicted octanol–water partition coefficient (Wildman–Crippen LogP) is 5.25. The Bertz CT molecular complexity index is 646. The number of carbonyl (C=O) groups is 1. The van der Waals surface area contributed by atoms with Crippen molar-refractivity contribution in [1.82, 2.24) is 0 Å². The van der Waals surface area contributed by atoms with Crippen LogP contribution in [0.1, 0.15) is 20.3 Å². The second kappa shape index (κ2) is 8.85. The molecule has 0 radical (unpaired) electrons. The molecule has 0 unspecified atom stereocenters. The van der Waals surface area contributed by atoms with Gasteiger partial charge >= 0.3 is 0 Å². The van der Waals surface area contributed by atoms with Crippen molar-refractivity contribution in [3.05, 3.63) is 53.6 Å². The van der Waals surface area contributed by atoms with Crippen LogP contribution in [0.15, 0.2) is 53.4 Å². The molecule has 0 aliphatic carbocycles. The van der Waals surface area contributed by atoms with E-state index in [4.69, 9.17) is 16.3 Å². The summed E-state index contributed by atoms with van der Waals surface area (Å²) < 4.78 is 5.45. The largest absolute Gasteiger partial charge is 0.494 e. The second-order valence-electron chi connectivity index (χ2n) is 4.92. The molecule has 5 heteroatoms. The third kappa shape index (κ3) is 5.48. The van der Waals surface area contributed by atoms with Crippen molar-refractivity contribution in [2.45, 2.75) is 30.4 Å². The highest BCUT2D eigenvalue weighted by molar-refractivity contribution is 8.00. The van der Waals surface area contributed by atoms with Gasteiger partial charge in [0.2, 0.25) is 5.91 Å². The first-order valence-corrected chi connectivity index (χ1v) is 8.84. The highest BCUT2D eigenvalue weighted by Gasteiger charge is 2.18. The van der Waals surface area contributed by atoms with Crippen molar-refractivity contribution in [3.8, 4) is 5.75 Å². The minimum absolute atomic E-state index is 0.0129. The van der Waals surface area contributed by atoms with Crippen LogP contribution in [0.5, 0.6) is 5.75 Å². The lowest BCUT2D eigenvalue weighted by atomic mass is 10.2. The maximum Gasteiger partial charge on any atom is 0.237 e. The highest BCUT2D eigenvalue weighted by atomic mass is 35.5. The van der Waals surface area contributed by atoms with Gasteiger partial charge in [-0.05, 0) is 49.7 Å². The van der Waals surface area contributed by atoms with Crippen molar-refractivity contribution < 1.29 is 9.53 Å². The van der Waals surface area contributed by atoms with Crippen LogP contribution >= 0.6 is 23.4 Å². The zero-order valence-corrected chi connectivity index (χ0v) is 14.8. The fourth-order valence-corrected chi connectivity index (χ4v) is 3.13. The molecule has 3 nitrogen and oxygen atoms in total. The molecule has 23 heavy (non-hydrogen) atoms. The Hall–Kier alpha value is -1.65. The number of hydrogen-bond acceptors (Lipinski definition) is 3. The first kappa shape index (κ1) is 17.7. The molecule has 0 saturated heterocycles. The lowest BCUT2D eigenvalue weighted by Crippen LogP contribution is -2.24. The Labute approximate surface area is 146 Å². The molecule has 0 aliphatic rings. The predicted molar refractivity (Wildman–Crippen MR) is 97.6 cm³/mol. The number of halogens is 1. The van der Waals surface area contributed by atoms with E-state index < -0.39 is 0 Å². The van der Waals surface area contributed by atoms with Crippen LogP contribution in [0.3, 0.4) is 0 Å². The highest BCUT2D eigenvalue weighted by Crippen LogP contribution is 2.28. The molecule has 1 amide bonds. The fourth-order valence-electron chi connectivity index (χ4n) is 2.05. The second-order valence-corrected chi connectivity index (χ2v) is 6.63. The number of amides is 1. The molecule has 1 atom stereocenters. The molecule has 0 heterocycles. The molecule has 122 valence electrons. The Morgan fingerprint density at radius 2 is 1.96 bits per heavy atom. The third-order valence-electron chi connectivity index (χ3n) is 3.17. The lowest BCUT2D eigenvalue weighted by molar-refractivity contribution is -0.115. The average Bonchev–Trinajstić information content (AvgIpc) is 2.55. The first-order chi connectivity index (χ1) is 11.1. The van der Waals surface area contributed by atoms with Crippen molar-refractivity contribution in [2.75, 3.05) is 11.9 Å². The van der Waals surface area contributed by atoms with Crippen LogP contribution in [-0.2, 0) is 4.79 Å². The number of carbonyl (C=O) groups excluding carboxylic acids is 1. The molecular weight excluding hydrogens is 330 g/mol. The zero-order valence-electron chi connectivity index (χ0n) is 13.2. The van der Waals surface area contributed by atoms with Crippen molar-refractivity contribution in [2.24, 2.45) is 0 Å². The van der Waals surface area contributed by atoms with Crippen LogP contribution < -0.4 is 10.1 Å². The molecule has 2 aromatic rings. The van der Waals surface area contributed by atoms with E-state index >= 15 is 0 Å². The topological polar surface area (TPSA) is 38.3 Å². The summed E-state index contributed by atoms with van der Waals surface area (Å²) in [5, 5.41) is 3.49. The summed E-state index contributed by atoms with van der Waals surface area (Å²) in [6, 6.07) is 15.0. The van der Waals surface area contributed by atoms with Gasteiger partial charge < -0.3 is 10.1 Å². The SMILES string of the molecule is CCOc1cccc(NC(=O)[C@H](CC)Sc2ccc(Cl)cc2)c1. The van der Waals surface area contributed by atoms with E-state index in [9.17, 15) is 4.79 Å². The number of ether oxygens (including phenoxy) is 1. The molecule has 0 aliphatic heterocycles. The van der Waals surface area contributed by atoms with Crippen LogP contribution in [0.4, 0.5) is 5.69 Å². The fraction of sp³-hybridized carbons (Fsp3) is 0.278. The summed E-state index contributed by atoms with van der Waals surface area (Å²) in [5.74, 6) is 0.741. The van der Waals surface area contributed by atoms with Gasteiger partial charge in [-0.15, -0.1) is 11.8 Å². The van der Waals surface area contributed by atoms with Crippen LogP contribution in [0.25, 0.3) is 0 Å². The average molecular weight is 350 g/mol. The summed E-state index contributed by atoms with van der Waals surface area (Å²) in [6.07, 6.45) is 0.740. The van der Waals surface area contributed by atoms with Crippen molar-refractivity contribution in [3.63, 3.8) is 0 Å². The normalized spacial score (nSPS) is 11.8.